The van der Waals surface area contributed by atoms with Crippen molar-refractivity contribution in [3.8, 4) is 5.75 Å². The summed E-state index contributed by atoms with van der Waals surface area (Å²) in [6.07, 6.45) is 4.65. The highest BCUT2D eigenvalue weighted by Gasteiger charge is 2.29. The molecule has 0 saturated heterocycles. The van der Waals surface area contributed by atoms with Gasteiger partial charge in [-0.25, -0.2) is 4.39 Å². The molecule has 0 bridgehead atoms. The van der Waals surface area contributed by atoms with E-state index >= 15 is 0 Å². The van der Waals surface area contributed by atoms with Gasteiger partial charge in [-0.3, -0.25) is 0 Å². The Hall–Kier alpha value is -1.25. The molecule has 1 aromatic carbocycles. The summed E-state index contributed by atoms with van der Waals surface area (Å²) in [5.74, 6) is 1.26. The van der Waals surface area contributed by atoms with Crippen LogP contribution < -0.4 is 10.1 Å². The van der Waals surface area contributed by atoms with Crippen LogP contribution in [0.1, 0.15) is 46.5 Å². The van der Waals surface area contributed by atoms with E-state index in [0.29, 0.717) is 22.9 Å². The van der Waals surface area contributed by atoms with Crippen LogP contribution in [0.4, 0.5) is 10.1 Å². The van der Waals surface area contributed by atoms with Gasteiger partial charge in [0.25, 0.3) is 0 Å². The first-order valence-electron chi connectivity index (χ1n) is 7.50. The Morgan fingerprint density at radius 1 is 1.15 bits per heavy atom. The summed E-state index contributed by atoms with van der Waals surface area (Å²) in [4.78, 5) is 0. The third-order valence-electron chi connectivity index (χ3n) is 4.49. The van der Waals surface area contributed by atoms with Crippen molar-refractivity contribution in [3.63, 3.8) is 0 Å². The van der Waals surface area contributed by atoms with Crippen molar-refractivity contribution in [3.05, 3.63) is 24.0 Å². The molecule has 0 aliphatic heterocycles. The summed E-state index contributed by atoms with van der Waals surface area (Å²) >= 11 is 0. The number of hydrogen-bond acceptors (Lipinski definition) is 2. The van der Waals surface area contributed by atoms with Crippen LogP contribution in [0, 0.1) is 17.2 Å². The lowest BCUT2D eigenvalue weighted by Crippen LogP contribution is -2.31. The zero-order valence-corrected chi connectivity index (χ0v) is 13.0. The van der Waals surface area contributed by atoms with Gasteiger partial charge in [0.1, 0.15) is 11.6 Å². The number of ether oxygens (including phenoxy) is 1. The molecule has 0 amide bonds. The van der Waals surface area contributed by atoms with Crippen LogP contribution in [0.25, 0.3) is 0 Å². The molecule has 112 valence electrons. The molecule has 0 heterocycles. The van der Waals surface area contributed by atoms with Gasteiger partial charge in [0.15, 0.2) is 0 Å². The third kappa shape index (κ3) is 3.65. The molecule has 1 aliphatic rings. The second-order valence-corrected chi connectivity index (χ2v) is 6.90. The highest BCUT2D eigenvalue weighted by Crippen LogP contribution is 2.38. The van der Waals surface area contributed by atoms with Gasteiger partial charge in [-0.2, -0.15) is 0 Å². The predicted molar refractivity (Wildman–Crippen MR) is 81.8 cm³/mol. The number of methoxy groups -OCH3 is 1. The summed E-state index contributed by atoms with van der Waals surface area (Å²) in [6.45, 7) is 6.94. The van der Waals surface area contributed by atoms with E-state index in [-0.39, 0.29) is 5.82 Å². The summed E-state index contributed by atoms with van der Waals surface area (Å²) < 4.78 is 19.0. The van der Waals surface area contributed by atoms with Crippen molar-refractivity contribution in [2.24, 2.45) is 11.3 Å². The molecule has 1 aliphatic carbocycles. The quantitative estimate of drug-likeness (QED) is 0.854. The van der Waals surface area contributed by atoms with Gasteiger partial charge in [0.05, 0.1) is 12.8 Å². The fraction of sp³-hybridized carbons (Fsp3) is 0.647. The lowest BCUT2D eigenvalue weighted by Gasteiger charge is -2.37. The van der Waals surface area contributed by atoms with Crippen LogP contribution in [-0.4, -0.2) is 13.2 Å². The summed E-state index contributed by atoms with van der Waals surface area (Å²) in [5.41, 5.74) is 0.940. The van der Waals surface area contributed by atoms with E-state index in [1.54, 1.807) is 19.2 Å². The number of rotatable bonds is 3. The largest absolute Gasteiger partial charge is 0.497 e. The first-order valence-corrected chi connectivity index (χ1v) is 7.50. The summed E-state index contributed by atoms with van der Waals surface area (Å²) in [5, 5.41) is 3.34. The normalized spacial score (nSPS) is 23.4. The Kier molecular flexibility index (Phi) is 4.56. The first-order chi connectivity index (χ1) is 9.40. The lowest BCUT2D eigenvalue weighted by molar-refractivity contribution is 0.173. The van der Waals surface area contributed by atoms with Gasteiger partial charge < -0.3 is 10.1 Å². The van der Waals surface area contributed by atoms with Crippen molar-refractivity contribution in [2.75, 3.05) is 12.4 Å². The molecule has 3 heteroatoms. The molecule has 0 atom stereocenters. The van der Waals surface area contributed by atoms with Gasteiger partial charge in [-0.1, -0.05) is 20.8 Å². The molecule has 0 radical (unpaired) electrons. The SMILES string of the molecule is COc1ccc(F)c(NC2CCC(C(C)(C)C)CC2)c1. The fourth-order valence-corrected chi connectivity index (χ4v) is 3.07. The number of benzene rings is 1. The molecule has 1 aromatic rings. The maximum Gasteiger partial charge on any atom is 0.146 e. The first kappa shape index (κ1) is 15.1. The Balaban J connectivity index is 1.96. The smallest absolute Gasteiger partial charge is 0.146 e. The molecule has 0 aromatic heterocycles. The van der Waals surface area contributed by atoms with Crippen LogP contribution in [0.3, 0.4) is 0 Å². The Bertz CT molecular complexity index is 445. The van der Waals surface area contributed by atoms with E-state index in [4.69, 9.17) is 4.74 Å². The maximum atomic E-state index is 13.8. The van der Waals surface area contributed by atoms with E-state index in [1.807, 2.05) is 0 Å². The van der Waals surface area contributed by atoms with Crippen molar-refractivity contribution in [2.45, 2.75) is 52.5 Å². The number of nitrogens with one attached hydrogen (secondary N) is 1. The Labute approximate surface area is 121 Å². The minimum absolute atomic E-state index is 0.205. The number of anilines is 1. The Morgan fingerprint density at radius 3 is 2.35 bits per heavy atom. The maximum absolute atomic E-state index is 13.8. The van der Waals surface area contributed by atoms with Crippen molar-refractivity contribution in [1.29, 1.82) is 0 Å². The molecule has 1 saturated carbocycles. The molecular weight excluding hydrogens is 253 g/mol. The monoisotopic (exact) mass is 279 g/mol. The molecule has 2 nitrogen and oxygen atoms in total. The van der Waals surface area contributed by atoms with E-state index in [9.17, 15) is 4.39 Å². The predicted octanol–water partition coefficient (Wildman–Crippen LogP) is 4.85. The summed E-state index contributed by atoms with van der Waals surface area (Å²) in [6, 6.07) is 5.22. The molecule has 20 heavy (non-hydrogen) atoms. The number of halogens is 1. The molecule has 0 unspecified atom stereocenters. The van der Waals surface area contributed by atoms with E-state index in [2.05, 4.69) is 26.1 Å². The van der Waals surface area contributed by atoms with E-state index in [0.717, 1.165) is 18.8 Å². The van der Waals surface area contributed by atoms with Crippen LogP contribution in [0.15, 0.2) is 18.2 Å². The van der Waals surface area contributed by atoms with Gasteiger partial charge in [-0.15, -0.1) is 0 Å². The van der Waals surface area contributed by atoms with Gasteiger partial charge in [0, 0.05) is 12.1 Å². The Morgan fingerprint density at radius 2 is 1.80 bits per heavy atom. The van der Waals surface area contributed by atoms with Crippen LogP contribution in [0.2, 0.25) is 0 Å². The standard InChI is InChI=1S/C17H26FNO/c1-17(2,3)12-5-7-13(8-6-12)19-16-11-14(20-4)9-10-15(16)18/h9-13,19H,5-8H2,1-4H3. The minimum Gasteiger partial charge on any atom is -0.497 e. The highest BCUT2D eigenvalue weighted by atomic mass is 19.1. The summed E-state index contributed by atoms with van der Waals surface area (Å²) in [7, 11) is 1.60. The molecule has 1 N–H and O–H groups in total. The van der Waals surface area contributed by atoms with Gasteiger partial charge in [-0.05, 0) is 49.1 Å². The molecular formula is C17H26FNO. The lowest BCUT2D eigenvalue weighted by atomic mass is 9.71. The molecule has 1 fully saturated rings. The average Bonchev–Trinajstić information content (AvgIpc) is 2.41. The van der Waals surface area contributed by atoms with Crippen molar-refractivity contribution in [1.82, 2.24) is 0 Å². The molecule has 0 spiro atoms. The third-order valence-corrected chi connectivity index (χ3v) is 4.49. The zero-order chi connectivity index (χ0) is 14.8. The van der Waals surface area contributed by atoms with Gasteiger partial charge in [0.2, 0.25) is 0 Å². The minimum atomic E-state index is -0.205. The van der Waals surface area contributed by atoms with Crippen LogP contribution in [-0.2, 0) is 0 Å². The van der Waals surface area contributed by atoms with E-state index in [1.165, 1.54) is 18.9 Å². The van der Waals surface area contributed by atoms with Crippen LogP contribution >= 0.6 is 0 Å². The highest BCUT2D eigenvalue weighted by molar-refractivity contribution is 5.50. The second-order valence-electron chi connectivity index (χ2n) is 6.90. The van der Waals surface area contributed by atoms with E-state index < -0.39 is 0 Å². The number of hydrogen-bond donors (Lipinski definition) is 1. The molecule has 2 rings (SSSR count). The van der Waals surface area contributed by atoms with Gasteiger partial charge >= 0.3 is 0 Å². The van der Waals surface area contributed by atoms with Crippen LogP contribution in [0.5, 0.6) is 5.75 Å². The van der Waals surface area contributed by atoms with Crippen molar-refractivity contribution < 1.29 is 9.13 Å². The van der Waals surface area contributed by atoms with Crippen molar-refractivity contribution >= 4 is 5.69 Å². The topological polar surface area (TPSA) is 21.3 Å². The average molecular weight is 279 g/mol. The fourth-order valence-electron chi connectivity index (χ4n) is 3.07. The second kappa shape index (κ2) is 6.02. The zero-order valence-electron chi connectivity index (χ0n) is 13.0.